The molecule has 2 nitrogen and oxygen atoms in total. The molecule has 0 atom stereocenters. The van der Waals surface area contributed by atoms with Gasteiger partial charge in [-0.15, -0.1) is 0 Å². The van der Waals surface area contributed by atoms with Gasteiger partial charge in [0.2, 0.25) is 17.4 Å². The molecule has 0 unspecified atom stereocenters. The van der Waals surface area contributed by atoms with Gasteiger partial charge in [-0.05, 0) is 34.1 Å². The highest BCUT2D eigenvalue weighted by atomic mass is 79.9. The normalized spacial score (nSPS) is 10.6. The van der Waals surface area contributed by atoms with E-state index in [0.29, 0.717) is 5.02 Å². The summed E-state index contributed by atoms with van der Waals surface area (Å²) in [6, 6.07) is 4.05. The third-order valence-corrected chi connectivity index (χ3v) is 2.92. The first-order valence-corrected chi connectivity index (χ1v) is 5.90. The molecule has 0 fully saturated rings. The number of ether oxygens (including phenoxy) is 1. The summed E-state index contributed by atoms with van der Waals surface area (Å²) in [6.45, 7) is 0. The first-order chi connectivity index (χ1) is 8.90. The standard InChI is InChI=1S/C11H3BrClF4NO/c12-5-3-4(13)1-2-6(5)19-9-7(14)10(16)18-11(17)8(9)15/h1-3H. The zero-order valence-electron chi connectivity index (χ0n) is 8.86. The third-order valence-electron chi connectivity index (χ3n) is 2.06. The number of aromatic nitrogens is 1. The van der Waals surface area contributed by atoms with E-state index in [-0.39, 0.29) is 10.2 Å². The zero-order chi connectivity index (χ0) is 14.2. The molecular weight excluding hydrogens is 353 g/mol. The van der Waals surface area contributed by atoms with Crippen LogP contribution in [0.1, 0.15) is 0 Å². The predicted molar refractivity (Wildman–Crippen MR) is 63.3 cm³/mol. The molecule has 0 N–H and O–H groups in total. The van der Waals surface area contributed by atoms with Gasteiger partial charge in [0.15, 0.2) is 0 Å². The monoisotopic (exact) mass is 355 g/mol. The first-order valence-electron chi connectivity index (χ1n) is 4.73. The SMILES string of the molecule is Fc1nc(F)c(F)c(Oc2ccc(Cl)cc2Br)c1F. The summed E-state index contributed by atoms with van der Waals surface area (Å²) in [5.74, 6) is -8.31. The fourth-order valence-electron chi connectivity index (χ4n) is 1.23. The molecule has 0 radical (unpaired) electrons. The van der Waals surface area contributed by atoms with Gasteiger partial charge in [-0.2, -0.15) is 22.5 Å². The van der Waals surface area contributed by atoms with Crippen LogP contribution in [0.25, 0.3) is 0 Å². The molecule has 1 aromatic heterocycles. The molecule has 0 aliphatic heterocycles. The summed E-state index contributed by atoms with van der Waals surface area (Å²) in [4.78, 5) is 2.42. The molecule has 0 amide bonds. The molecule has 1 heterocycles. The van der Waals surface area contributed by atoms with E-state index < -0.39 is 29.3 Å². The maximum Gasteiger partial charge on any atom is 0.255 e. The molecule has 0 saturated carbocycles. The number of nitrogens with zero attached hydrogens (tertiary/aromatic N) is 1. The fraction of sp³-hybridized carbons (Fsp3) is 0. The maximum atomic E-state index is 13.3. The van der Waals surface area contributed by atoms with Crippen molar-refractivity contribution < 1.29 is 22.3 Å². The second kappa shape index (κ2) is 5.34. The van der Waals surface area contributed by atoms with Crippen LogP contribution >= 0.6 is 27.5 Å². The van der Waals surface area contributed by atoms with Crippen molar-refractivity contribution in [3.05, 3.63) is 51.2 Å². The Bertz CT molecular complexity index is 627. The van der Waals surface area contributed by atoms with Gasteiger partial charge in [0.05, 0.1) is 4.47 Å². The Hall–Kier alpha value is -1.34. The smallest absolute Gasteiger partial charge is 0.255 e. The fourth-order valence-corrected chi connectivity index (χ4v) is 1.99. The van der Waals surface area contributed by atoms with Gasteiger partial charge in [-0.3, -0.25) is 0 Å². The van der Waals surface area contributed by atoms with E-state index in [0.717, 1.165) is 0 Å². The van der Waals surface area contributed by atoms with Crippen LogP contribution in [-0.4, -0.2) is 4.98 Å². The minimum Gasteiger partial charge on any atom is -0.450 e. The van der Waals surface area contributed by atoms with E-state index in [1.807, 2.05) is 0 Å². The van der Waals surface area contributed by atoms with Gasteiger partial charge in [0.25, 0.3) is 11.9 Å². The van der Waals surface area contributed by atoms with Crippen molar-refractivity contribution in [3.63, 3.8) is 0 Å². The second-order valence-corrected chi connectivity index (χ2v) is 4.62. The molecular formula is C11H3BrClF4NO. The van der Waals surface area contributed by atoms with Crippen molar-refractivity contribution >= 4 is 27.5 Å². The topological polar surface area (TPSA) is 22.1 Å². The average molecular weight is 356 g/mol. The molecule has 0 spiro atoms. The third kappa shape index (κ3) is 2.82. The molecule has 100 valence electrons. The minimum absolute atomic E-state index is 0.0628. The molecule has 0 aliphatic carbocycles. The summed E-state index contributed by atoms with van der Waals surface area (Å²) in [5.41, 5.74) is 0. The molecule has 2 aromatic rings. The highest BCUT2D eigenvalue weighted by Crippen LogP contribution is 2.35. The first kappa shape index (κ1) is 14.1. The van der Waals surface area contributed by atoms with E-state index >= 15 is 0 Å². The lowest BCUT2D eigenvalue weighted by Gasteiger charge is -2.10. The summed E-state index contributed by atoms with van der Waals surface area (Å²) in [5, 5.41) is 0.340. The largest absolute Gasteiger partial charge is 0.450 e. The Morgan fingerprint density at radius 2 is 1.63 bits per heavy atom. The van der Waals surface area contributed by atoms with Crippen LogP contribution in [0.4, 0.5) is 17.6 Å². The van der Waals surface area contributed by atoms with Gasteiger partial charge < -0.3 is 4.74 Å². The van der Waals surface area contributed by atoms with Crippen LogP contribution < -0.4 is 4.74 Å². The number of hydrogen-bond acceptors (Lipinski definition) is 2. The van der Waals surface area contributed by atoms with E-state index in [9.17, 15) is 17.6 Å². The summed E-state index contributed by atoms with van der Waals surface area (Å²) < 4.78 is 57.5. The molecule has 2 rings (SSSR count). The number of pyridine rings is 1. The highest BCUT2D eigenvalue weighted by Gasteiger charge is 2.23. The van der Waals surface area contributed by atoms with Crippen molar-refractivity contribution in [2.75, 3.05) is 0 Å². The number of rotatable bonds is 2. The Kier molecular flexibility index (Phi) is 3.96. The van der Waals surface area contributed by atoms with E-state index in [4.69, 9.17) is 16.3 Å². The quantitative estimate of drug-likeness (QED) is 0.567. The van der Waals surface area contributed by atoms with Gasteiger partial charge in [-0.1, -0.05) is 11.6 Å². The number of hydrogen-bond donors (Lipinski definition) is 0. The van der Waals surface area contributed by atoms with Crippen LogP contribution in [0.3, 0.4) is 0 Å². The van der Waals surface area contributed by atoms with E-state index in [1.54, 1.807) is 0 Å². The van der Waals surface area contributed by atoms with Crippen LogP contribution in [-0.2, 0) is 0 Å². The Morgan fingerprint density at radius 3 is 2.16 bits per heavy atom. The van der Waals surface area contributed by atoms with E-state index in [1.165, 1.54) is 18.2 Å². The van der Waals surface area contributed by atoms with E-state index in [2.05, 4.69) is 20.9 Å². The summed E-state index contributed by atoms with van der Waals surface area (Å²) in [7, 11) is 0. The Labute approximate surface area is 118 Å². The lowest BCUT2D eigenvalue weighted by atomic mass is 10.3. The lowest BCUT2D eigenvalue weighted by Crippen LogP contribution is -2.03. The van der Waals surface area contributed by atoms with Gasteiger partial charge in [0.1, 0.15) is 5.75 Å². The zero-order valence-corrected chi connectivity index (χ0v) is 11.2. The van der Waals surface area contributed by atoms with Crippen molar-refractivity contribution in [1.82, 2.24) is 4.98 Å². The van der Waals surface area contributed by atoms with Crippen LogP contribution in [0.15, 0.2) is 22.7 Å². The Balaban J connectivity index is 2.49. The molecule has 19 heavy (non-hydrogen) atoms. The molecule has 0 aliphatic rings. The second-order valence-electron chi connectivity index (χ2n) is 3.33. The van der Waals surface area contributed by atoms with Crippen molar-refractivity contribution in [2.45, 2.75) is 0 Å². The van der Waals surface area contributed by atoms with Crippen molar-refractivity contribution in [2.24, 2.45) is 0 Å². The van der Waals surface area contributed by atoms with Crippen LogP contribution in [0.5, 0.6) is 11.5 Å². The van der Waals surface area contributed by atoms with Gasteiger partial charge in [0, 0.05) is 5.02 Å². The summed E-state index contributed by atoms with van der Waals surface area (Å²) >= 11 is 8.70. The average Bonchev–Trinajstić information content (AvgIpc) is 2.34. The minimum atomic E-state index is -1.79. The molecule has 0 saturated heterocycles. The number of halogens is 6. The highest BCUT2D eigenvalue weighted by molar-refractivity contribution is 9.10. The predicted octanol–water partition coefficient (Wildman–Crippen LogP) is 4.85. The van der Waals surface area contributed by atoms with Gasteiger partial charge in [-0.25, -0.2) is 0 Å². The maximum absolute atomic E-state index is 13.3. The molecule has 8 heteroatoms. The lowest BCUT2D eigenvalue weighted by molar-refractivity contribution is 0.342. The Morgan fingerprint density at radius 1 is 1.05 bits per heavy atom. The molecule has 1 aromatic carbocycles. The molecule has 0 bridgehead atoms. The van der Waals surface area contributed by atoms with Crippen molar-refractivity contribution in [1.29, 1.82) is 0 Å². The summed E-state index contributed by atoms with van der Waals surface area (Å²) in [6.07, 6.45) is 0. The van der Waals surface area contributed by atoms with Crippen molar-refractivity contribution in [3.8, 4) is 11.5 Å². The van der Waals surface area contributed by atoms with Crippen LogP contribution in [0, 0.1) is 23.5 Å². The number of benzene rings is 1. The van der Waals surface area contributed by atoms with Crippen LogP contribution in [0.2, 0.25) is 5.02 Å². The van der Waals surface area contributed by atoms with Gasteiger partial charge >= 0.3 is 0 Å².